The molecule has 0 bridgehead atoms. The summed E-state index contributed by atoms with van der Waals surface area (Å²) in [5.74, 6) is -0.0953. The van der Waals surface area contributed by atoms with Gasteiger partial charge in [-0.05, 0) is 56.0 Å². The van der Waals surface area contributed by atoms with Crippen molar-refractivity contribution >= 4 is 51.9 Å². The zero-order valence-electron chi connectivity index (χ0n) is 21.8. The van der Waals surface area contributed by atoms with Gasteiger partial charge in [0.25, 0.3) is 5.91 Å². The number of para-hydroxylation sites is 1. The van der Waals surface area contributed by atoms with Crippen LogP contribution in [0.5, 0.6) is 0 Å². The highest BCUT2D eigenvalue weighted by Crippen LogP contribution is 2.36. The molecule has 2 aliphatic heterocycles. The van der Waals surface area contributed by atoms with Crippen LogP contribution in [0.25, 0.3) is 0 Å². The molecule has 1 saturated carbocycles. The highest BCUT2D eigenvalue weighted by molar-refractivity contribution is 8.15. The van der Waals surface area contributed by atoms with E-state index < -0.39 is 11.3 Å². The van der Waals surface area contributed by atoms with Gasteiger partial charge in [-0.15, -0.1) is 0 Å². The molecule has 3 amide bonds. The summed E-state index contributed by atoms with van der Waals surface area (Å²) in [6, 6.07) is 14.5. The number of carbonyl (C=O) groups excluding carboxylic acids is 3. The number of aliphatic imine (C=N–C) groups is 2. The highest BCUT2D eigenvalue weighted by atomic mass is 32.2. The second-order valence-electron chi connectivity index (χ2n) is 10.0. The molecule has 0 unspecified atom stereocenters. The number of hydrogen-bond acceptors (Lipinski definition) is 6. The Hall–Kier alpha value is -3.46. The summed E-state index contributed by atoms with van der Waals surface area (Å²) in [4.78, 5) is 50.5. The fourth-order valence-electron chi connectivity index (χ4n) is 5.12. The van der Waals surface area contributed by atoms with Crippen LogP contribution in [0.15, 0.2) is 58.5 Å². The number of nitrogens with zero attached hydrogens (tertiary/aromatic N) is 3. The standard InChI is InChI=1S/C29H33N5O3S/c1-3-24(27(36)31-20-13-9-10-18(2)16-20)38-29-33-22-15-8-7-14-21(22)26-32-23(28(37)34(26)29)17-25(35)30-19-11-5-4-6-12-19/h7-10,13-16,19,23-24H,3-6,11-12,17H2,1-2H3,(H,30,35)(H,31,36)/t23-,24-/m1/s1. The van der Waals surface area contributed by atoms with Crippen molar-refractivity contribution in [2.75, 3.05) is 5.32 Å². The van der Waals surface area contributed by atoms with Gasteiger partial charge in [0, 0.05) is 17.3 Å². The molecule has 1 aliphatic carbocycles. The van der Waals surface area contributed by atoms with E-state index in [2.05, 4.69) is 10.6 Å². The Morgan fingerprint density at radius 1 is 1.11 bits per heavy atom. The molecule has 9 heteroatoms. The van der Waals surface area contributed by atoms with Gasteiger partial charge < -0.3 is 10.6 Å². The minimum Gasteiger partial charge on any atom is -0.353 e. The van der Waals surface area contributed by atoms with Gasteiger partial charge in [-0.3, -0.25) is 19.4 Å². The van der Waals surface area contributed by atoms with Crippen molar-refractivity contribution in [3.63, 3.8) is 0 Å². The Bertz CT molecular complexity index is 1300. The van der Waals surface area contributed by atoms with E-state index >= 15 is 0 Å². The van der Waals surface area contributed by atoms with Gasteiger partial charge >= 0.3 is 0 Å². The number of rotatable bonds is 7. The summed E-state index contributed by atoms with van der Waals surface area (Å²) >= 11 is 1.25. The Balaban J connectivity index is 1.35. The molecule has 0 aromatic heterocycles. The van der Waals surface area contributed by atoms with E-state index in [1.54, 1.807) is 0 Å². The number of anilines is 1. The molecule has 198 valence electrons. The third-order valence-corrected chi connectivity index (χ3v) is 8.41. The monoisotopic (exact) mass is 531 g/mol. The summed E-state index contributed by atoms with van der Waals surface area (Å²) in [7, 11) is 0. The lowest BCUT2D eigenvalue weighted by atomic mass is 9.95. The Morgan fingerprint density at radius 3 is 2.66 bits per heavy atom. The van der Waals surface area contributed by atoms with Crippen LogP contribution in [-0.2, 0) is 14.4 Å². The van der Waals surface area contributed by atoms with Gasteiger partial charge in [0.2, 0.25) is 11.8 Å². The second kappa shape index (κ2) is 11.5. The van der Waals surface area contributed by atoms with Crippen LogP contribution in [0.4, 0.5) is 11.4 Å². The van der Waals surface area contributed by atoms with Gasteiger partial charge in [0.15, 0.2) is 5.17 Å². The van der Waals surface area contributed by atoms with E-state index in [9.17, 15) is 14.4 Å². The number of carbonyl (C=O) groups is 3. The van der Waals surface area contributed by atoms with E-state index in [0.29, 0.717) is 23.1 Å². The number of amides is 3. The summed E-state index contributed by atoms with van der Waals surface area (Å²) < 4.78 is 0. The molecule has 3 aliphatic rings. The Kier molecular flexibility index (Phi) is 7.93. The van der Waals surface area contributed by atoms with Crippen LogP contribution in [0, 0.1) is 6.92 Å². The van der Waals surface area contributed by atoms with E-state index in [4.69, 9.17) is 9.98 Å². The van der Waals surface area contributed by atoms with Crippen molar-refractivity contribution in [2.45, 2.75) is 76.1 Å². The van der Waals surface area contributed by atoms with Crippen molar-refractivity contribution in [3.05, 3.63) is 59.7 Å². The number of nitrogens with one attached hydrogen (secondary N) is 2. The number of hydrogen-bond donors (Lipinski definition) is 2. The van der Waals surface area contributed by atoms with E-state index in [0.717, 1.165) is 42.5 Å². The SMILES string of the molecule is CC[C@@H](SC1=Nc2ccccc2C2=N[C@H](CC(=O)NC3CCCCC3)C(=O)N12)C(=O)Nc1cccc(C)c1. The number of fused-ring (bicyclic) bond motifs is 3. The smallest absolute Gasteiger partial charge is 0.259 e. The third kappa shape index (κ3) is 5.67. The predicted molar refractivity (Wildman–Crippen MR) is 152 cm³/mol. The van der Waals surface area contributed by atoms with Gasteiger partial charge in [0.1, 0.15) is 11.9 Å². The van der Waals surface area contributed by atoms with Crippen LogP contribution in [0.2, 0.25) is 0 Å². The molecule has 1 fully saturated rings. The first kappa shape index (κ1) is 26.2. The maximum absolute atomic E-state index is 13.6. The lowest BCUT2D eigenvalue weighted by molar-refractivity contribution is -0.129. The lowest BCUT2D eigenvalue weighted by Gasteiger charge is -2.27. The van der Waals surface area contributed by atoms with Crippen LogP contribution in [0.1, 0.15) is 63.0 Å². The third-order valence-electron chi connectivity index (χ3n) is 7.09. The quantitative estimate of drug-likeness (QED) is 0.528. The Labute approximate surface area is 227 Å². The topological polar surface area (TPSA) is 103 Å². The van der Waals surface area contributed by atoms with Crippen LogP contribution < -0.4 is 10.6 Å². The van der Waals surface area contributed by atoms with Crippen molar-refractivity contribution in [2.24, 2.45) is 9.98 Å². The molecule has 2 aromatic rings. The summed E-state index contributed by atoms with van der Waals surface area (Å²) in [5.41, 5.74) is 3.23. The molecule has 2 N–H and O–H groups in total. The minimum atomic E-state index is -0.813. The molecule has 8 nitrogen and oxygen atoms in total. The Morgan fingerprint density at radius 2 is 1.89 bits per heavy atom. The number of aryl methyl sites for hydroxylation is 1. The molecule has 2 heterocycles. The molecular weight excluding hydrogens is 498 g/mol. The molecule has 2 aromatic carbocycles. The van der Waals surface area contributed by atoms with E-state index in [1.807, 2.05) is 62.4 Å². The summed E-state index contributed by atoms with van der Waals surface area (Å²) in [6.07, 6.45) is 5.95. The molecule has 0 radical (unpaired) electrons. The zero-order valence-corrected chi connectivity index (χ0v) is 22.6. The molecule has 38 heavy (non-hydrogen) atoms. The number of thioether (sulfide) groups is 1. The minimum absolute atomic E-state index is 0.000494. The van der Waals surface area contributed by atoms with Crippen molar-refractivity contribution in [1.29, 1.82) is 0 Å². The van der Waals surface area contributed by atoms with Crippen LogP contribution >= 0.6 is 11.8 Å². The summed E-state index contributed by atoms with van der Waals surface area (Å²) in [5, 5.41) is 6.02. The first-order valence-electron chi connectivity index (χ1n) is 13.4. The molecule has 5 rings (SSSR count). The largest absolute Gasteiger partial charge is 0.353 e. The normalized spacial score (nSPS) is 19.7. The van der Waals surface area contributed by atoms with Gasteiger partial charge in [0.05, 0.1) is 17.4 Å². The van der Waals surface area contributed by atoms with Crippen molar-refractivity contribution in [3.8, 4) is 0 Å². The van der Waals surface area contributed by atoms with Gasteiger partial charge in [-0.25, -0.2) is 9.89 Å². The first-order valence-corrected chi connectivity index (χ1v) is 14.2. The zero-order chi connectivity index (χ0) is 26.6. The van der Waals surface area contributed by atoms with E-state index in [-0.39, 0.29) is 30.2 Å². The fourth-order valence-corrected chi connectivity index (χ4v) is 6.14. The fraction of sp³-hybridized carbons (Fsp3) is 0.414. The average Bonchev–Trinajstić information content (AvgIpc) is 3.23. The van der Waals surface area contributed by atoms with Gasteiger partial charge in [-0.2, -0.15) is 0 Å². The highest BCUT2D eigenvalue weighted by Gasteiger charge is 2.43. The number of benzene rings is 2. The first-order chi connectivity index (χ1) is 18.4. The maximum Gasteiger partial charge on any atom is 0.259 e. The molecule has 2 atom stereocenters. The summed E-state index contributed by atoms with van der Waals surface area (Å²) in [6.45, 7) is 3.91. The molecular formula is C29H33N5O3S. The second-order valence-corrected chi connectivity index (χ2v) is 11.2. The van der Waals surface area contributed by atoms with Crippen LogP contribution in [0.3, 0.4) is 0 Å². The lowest BCUT2D eigenvalue weighted by Crippen LogP contribution is -2.44. The molecule has 0 saturated heterocycles. The van der Waals surface area contributed by atoms with Crippen molar-refractivity contribution in [1.82, 2.24) is 10.2 Å². The average molecular weight is 532 g/mol. The maximum atomic E-state index is 13.6. The predicted octanol–water partition coefficient (Wildman–Crippen LogP) is 4.94. The van der Waals surface area contributed by atoms with E-state index in [1.165, 1.54) is 23.1 Å². The molecule has 0 spiro atoms. The van der Waals surface area contributed by atoms with Gasteiger partial charge in [-0.1, -0.05) is 62.2 Å². The van der Waals surface area contributed by atoms with Crippen LogP contribution in [-0.4, -0.2) is 51.0 Å². The van der Waals surface area contributed by atoms with Crippen molar-refractivity contribution < 1.29 is 14.4 Å². The number of amidine groups is 2.